The van der Waals surface area contributed by atoms with Gasteiger partial charge in [0, 0.05) is 23.4 Å². The third-order valence-corrected chi connectivity index (χ3v) is 3.17. The Bertz CT molecular complexity index is 598. The van der Waals surface area contributed by atoms with Gasteiger partial charge in [0.1, 0.15) is 17.2 Å². The van der Waals surface area contributed by atoms with E-state index in [-0.39, 0.29) is 17.5 Å². The summed E-state index contributed by atoms with van der Waals surface area (Å²) in [6, 6.07) is 12.3. The van der Waals surface area contributed by atoms with Crippen molar-refractivity contribution in [2.24, 2.45) is 0 Å². The minimum Gasteiger partial charge on any atom is -0.508 e. The summed E-state index contributed by atoms with van der Waals surface area (Å²) in [5.41, 5.74) is 1.65. The first-order valence-electron chi connectivity index (χ1n) is 7.11. The van der Waals surface area contributed by atoms with Crippen LogP contribution >= 0.6 is 0 Å². The Morgan fingerprint density at radius 2 is 1.95 bits per heavy atom. The minimum atomic E-state index is -0.0907. The molecule has 3 N–H and O–H groups in total. The second-order valence-electron chi connectivity index (χ2n) is 4.99. The van der Waals surface area contributed by atoms with Gasteiger partial charge in [0.05, 0.1) is 12.6 Å². The predicted octanol–water partition coefficient (Wildman–Crippen LogP) is 4.06. The molecule has 0 saturated heterocycles. The van der Waals surface area contributed by atoms with Crippen LogP contribution in [0.25, 0.3) is 0 Å². The van der Waals surface area contributed by atoms with Gasteiger partial charge in [0.25, 0.3) is 0 Å². The number of phenolic OH excluding ortho intramolecular Hbond substituents is 2. The average molecular weight is 287 g/mol. The fourth-order valence-corrected chi connectivity index (χ4v) is 2.12. The lowest BCUT2D eigenvalue weighted by atomic mass is 10.1. The van der Waals surface area contributed by atoms with Crippen LogP contribution in [0.2, 0.25) is 0 Å². The Kier molecular flexibility index (Phi) is 4.93. The van der Waals surface area contributed by atoms with E-state index < -0.39 is 0 Å². The molecule has 21 heavy (non-hydrogen) atoms. The van der Waals surface area contributed by atoms with Crippen molar-refractivity contribution in [2.45, 2.75) is 26.3 Å². The molecule has 112 valence electrons. The maximum absolute atomic E-state index is 9.89. The highest BCUT2D eigenvalue weighted by atomic mass is 16.5. The first-order chi connectivity index (χ1) is 10.1. The van der Waals surface area contributed by atoms with Crippen molar-refractivity contribution in [3.8, 4) is 17.2 Å². The summed E-state index contributed by atoms with van der Waals surface area (Å²) in [5, 5.41) is 22.5. The largest absolute Gasteiger partial charge is 0.508 e. The molecule has 0 saturated carbocycles. The third-order valence-electron chi connectivity index (χ3n) is 3.17. The van der Waals surface area contributed by atoms with E-state index in [9.17, 15) is 10.2 Å². The van der Waals surface area contributed by atoms with Gasteiger partial charge in [-0.2, -0.15) is 0 Å². The van der Waals surface area contributed by atoms with E-state index in [4.69, 9.17) is 4.74 Å². The van der Waals surface area contributed by atoms with Gasteiger partial charge in [-0.3, -0.25) is 0 Å². The van der Waals surface area contributed by atoms with E-state index in [1.807, 2.05) is 31.2 Å². The Hall–Kier alpha value is -2.36. The molecule has 0 aliphatic carbocycles. The Morgan fingerprint density at radius 1 is 1.14 bits per heavy atom. The Labute approximate surface area is 125 Å². The summed E-state index contributed by atoms with van der Waals surface area (Å²) in [5.74, 6) is 0.954. The van der Waals surface area contributed by atoms with Crippen LogP contribution in [0.15, 0.2) is 42.5 Å². The van der Waals surface area contributed by atoms with Crippen LogP contribution in [0.3, 0.4) is 0 Å². The SMILES string of the molecule is CCCOc1cccc(NC(C)c2ccc(O)cc2O)c1. The third kappa shape index (κ3) is 4.05. The molecule has 4 heteroatoms. The lowest BCUT2D eigenvalue weighted by molar-refractivity contribution is 0.317. The van der Waals surface area contributed by atoms with E-state index >= 15 is 0 Å². The Balaban J connectivity index is 2.10. The summed E-state index contributed by atoms with van der Waals surface area (Å²) < 4.78 is 5.60. The van der Waals surface area contributed by atoms with Crippen molar-refractivity contribution >= 4 is 5.69 Å². The number of anilines is 1. The molecule has 2 rings (SSSR count). The predicted molar refractivity (Wildman–Crippen MR) is 84.0 cm³/mol. The zero-order valence-corrected chi connectivity index (χ0v) is 12.3. The van der Waals surface area contributed by atoms with Gasteiger partial charge in [-0.25, -0.2) is 0 Å². The topological polar surface area (TPSA) is 61.7 Å². The molecule has 0 aliphatic heterocycles. The molecular formula is C17H21NO3. The molecule has 0 spiro atoms. The molecule has 4 nitrogen and oxygen atoms in total. The second kappa shape index (κ2) is 6.88. The van der Waals surface area contributed by atoms with Gasteiger partial charge in [-0.05, 0) is 37.6 Å². The number of benzene rings is 2. The van der Waals surface area contributed by atoms with Crippen LogP contribution < -0.4 is 10.1 Å². The van der Waals surface area contributed by atoms with E-state index in [1.54, 1.807) is 12.1 Å². The van der Waals surface area contributed by atoms with E-state index in [0.717, 1.165) is 23.4 Å². The number of hydrogen-bond acceptors (Lipinski definition) is 4. The highest BCUT2D eigenvalue weighted by Gasteiger charge is 2.11. The number of phenols is 2. The number of ether oxygens (including phenoxy) is 1. The Morgan fingerprint density at radius 3 is 2.67 bits per heavy atom. The standard InChI is InChI=1S/C17H21NO3/c1-3-9-21-15-6-4-5-13(10-15)18-12(2)16-8-7-14(19)11-17(16)20/h4-8,10-12,18-20H,3,9H2,1-2H3. The van der Waals surface area contributed by atoms with E-state index in [0.29, 0.717) is 6.61 Å². The van der Waals surface area contributed by atoms with Crippen molar-refractivity contribution < 1.29 is 14.9 Å². The molecular weight excluding hydrogens is 266 g/mol. The summed E-state index contributed by atoms with van der Waals surface area (Å²) >= 11 is 0. The summed E-state index contributed by atoms with van der Waals surface area (Å²) in [4.78, 5) is 0. The van der Waals surface area contributed by atoms with E-state index in [1.165, 1.54) is 6.07 Å². The zero-order valence-electron chi connectivity index (χ0n) is 12.3. The summed E-state index contributed by atoms with van der Waals surface area (Å²) in [7, 11) is 0. The maximum Gasteiger partial charge on any atom is 0.124 e. The summed E-state index contributed by atoms with van der Waals surface area (Å²) in [6.45, 7) is 4.71. The fourth-order valence-electron chi connectivity index (χ4n) is 2.12. The van der Waals surface area contributed by atoms with Gasteiger partial charge in [-0.1, -0.05) is 13.0 Å². The van der Waals surface area contributed by atoms with Crippen molar-refractivity contribution in [2.75, 3.05) is 11.9 Å². The van der Waals surface area contributed by atoms with E-state index in [2.05, 4.69) is 12.2 Å². The molecule has 1 atom stereocenters. The fraction of sp³-hybridized carbons (Fsp3) is 0.294. The number of nitrogens with one attached hydrogen (secondary N) is 1. The molecule has 2 aromatic carbocycles. The smallest absolute Gasteiger partial charge is 0.124 e. The molecule has 0 aromatic heterocycles. The average Bonchev–Trinajstić information content (AvgIpc) is 2.45. The van der Waals surface area contributed by atoms with Crippen LogP contribution in [0.1, 0.15) is 31.9 Å². The van der Waals surface area contributed by atoms with Crippen molar-refractivity contribution in [1.29, 1.82) is 0 Å². The van der Waals surface area contributed by atoms with Gasteiger partial charge in [-0.15, -0.1) is 0 Å². The lowest BCUT2D eigenvalue weighted by Crippen LogP contribution is -2.07. The highest BCUT2D eigenvalue weighted by Crippen LogP contribution is 2.30. The quantitative estimate of drug-likeness (QED) is 0.749. The molecule has 0 bridgehead atoms. The molecule has 0 amide bonds. The van der Waals surface area contributed by atoms with Crippen LogP contribution in [-0.4, -0.2) is 16.8 Å². The molecule has 0 fully saturated rings. The maximum atomic E-state index is 9.89. The minimum absolute atomic E-state index is 0.0541. The monoisotopic (exact) mass is 287 g/mol. The first-order valence-corrected chi connectivity index (χ1v) is 7.11. The number of aromatic hydroxyl groups is 2. The van der Waals surface area contributed by atoms with Crippen LogP contribution in [0, 0.1) is 0 Å². The second-order valence-corrected chi connectivity index (χ2v) is 4.99. The molecule has 0 radical (unpaired) electrons. The number of rotatable bonds is 6. The highest BCUT2D eigenvalue weighted by molar-refractivity contribution is 5.51. The van der Waals surface area contributed by atoms with Crippen molar-refractivity contribution in [3.05, 3.63) is 48.0 Å². The van der Waals surface area contributed by atoms with Crippen LogP contribution in [0.5, 0.6) is 17.2 Å². The van der Waals surface area contributed by atoms with Crippen molar-refractivity contribution in [3.63, 3.8) is 0 Å². The lowest BCUT2D eigenvalue weighted by Gasteiger charge is -2.17. The number of hydrogen-bond donors (Lipinski definition) is 3. The van der Waals surface area contributed by atoms with Crippen LogP contribution in [0.4, 0.5) is 5.69 Å². The van der Waals surface area contributed by atoms with Gasteiger partial charge in [0.15, 0.2) is 0 Å². The molecule has 2 aromatic rings. The van der Waals surface area contributed by atoms with Crippen molar-refractivity contribution in [1.82, 2.24) is 0 Å². The molecule has 0 aliphatic rings. The zero-order chi connectivity index (χ0) is 15.2. The van der Waals surface area contributed by atoms with Gasteiger partial charge in [0.2, 0.25) is 0 Å². The van der Waals surface area contributed by atoms with Gasteiger partial charge >= 0.3 is 0 Å². The molecule has 0 heterocycles. The van der Waals surface area contributed by atoms with Gasteiger partial charge < -0.3 is 20.3 Å². The first kappa shape index (κ1) is 15.0. The summed E-state index contributed by atoms with van der Waals surface area (Å²) in [6.07, 6.45) is 0.968. The van der Waals surface area contributed by atoms with Crippen LogP contribution in [-0.2, 0) is 0 Å². The normalized spacial score (nSPS) is 11.9. The molecule has 1 unspecified atom stereocenters.